The van der Waals surface area contributed by atoms with E-state index < -0.39 is 0 Å². The number of hydrogen-bond acceptors (Lipinski definition) is 2. The van der Waals surface area contributed by atoms with Gasteiger partial charge >= 0.3 is 5.97 Å². The summed E-state index contributed by atoms with van der Waals surface area (Å²) in [6.07, 6.45) is 15.3. The first-order valence-electron chi connectivity index (χ1n) is 14.7. The number of allylic oxidation sites excluding steroid dienone is 1. The van der Waals surface area contributed by atoms with E-state index >= 15 is 0 Å². The molecule has 0 aromatic rings. The van der Waals surface area contributed by atoms with Gasteiger partial charge in [-0.05, 0) is 109 Å². The van der Waals surface area contributed by atoms with Crippen LogP contribution in [0.25, 0.3) is 0 Å². The van der Waals surface area contributed by atoms with Crippen LogP contribution in [0.15, 0.2) is 11.1 Å². The van der Waals surface area contributed by atoms with Gasteiger partial charge in [-0.1, -0.05) is 66.0 Å². The molecule has 1 unspecified atom stereocenters. The van der Waals surface area contributed by atoms with Gasteiger partial charge in [0.2, 0.25) is 0 Å². The fourth-order valence-electron chi connectivity index (χ4n) is 11.7. The van der Waals surface area contributed by atoms with E-state index in [2.05, 4.69) is 48.5 Å². The summed E-state index contributed by atoms with van der Waals surface area (Å²) in [4.78, 5) is 11.4. The predicted molar refractivity (Wildman–Crippen MR) is 140 cm³/mol. The first-order chi connectivity index (χ1) is 15.8. The molecule has 0 bridgehead atoms. The van der Waals surface area contributed by atoms with E-state index in [0.717, 1.165) is 17.8 Å². The van der Waals surface area contributed by atoms with Gasteiger partial charge in [-0.15, -0.1) is 0 Å². The Morgan fingerprint density at radius 3 is 2.24 bits per heavy atom. The summed E-state index contributed by atoms with van der Waals surface area (Å²) in [6, 6.07) is 0. The Kier molecular flexibility index (Phi) is 5.75. The van der Waals surface area contributed by atoms with Gasteiger partial charge in [-0.3, -0.25) is 4.79 Å². The summed E-state index contributed by atoms with van der Waals surface area (Å²) < 4.78 is 5.45. The molecule has 5 aliphatic carbocycles. The molecule has 0 aromatic heterocycles. The summed E-state index contributed by atoms with van der Waals surface area (Å²) in [5.41, 5.74) is 5.72. The van der Waals surface area contributed by atoms with Crippen molar-refractivity contribution in [1.29, 1.82) is 0 Å². The molecule has 5 rings (SSSR count). The number of fused-ring (bicyclic) bond motifs is 7. The van der Waals surface area contributed by atoms with E-state index in [9.17, 15) is 4.79 Å². The van der Waals surface area contributed by atoms with Gasteiger partial charge < -0.3 is 4.74 Å². The number of esters is 1. The molecular formula is C32H52O2. The third-order valence-corrected chi connectivity index (χ3v) is 13.4. The smallest absolute Gasteiger partial charge is 0.302 e. The third kappa shape index (κ3) is 3.21. The Balaban J connectivity index is 1.47. The van der Waals surface area contributed by atoms with E-state index in [4.69, 9.17) is 4.74 Å². The van der Waals surface area contributed by atoms with E-state index in [1.807, 2.05) is 0 Å². The van der Waals surface area contributed by atoms with Crippen molar-refractivity contribution >= 4 is 5.97 Å². The van der Waals surface area contributed by atoms with Crippen molar-refractivity contribution in [3.05, 3.63) is 11.1 Å². The van der Waals surface area contributed by atoms with Crippen LogP contribution in [0.2, 0.25) is 0 Å². The Labute approximate surface area is 210 Å². The molecule has 0 aromatic carbocycles. The normalized spacial score (nSPS) is 48.3. The summed E-state index contributed by atoms with van der Waals surface area (Å²) in [5, 5.41) is 0. The highest BCUT2D eigenvalue weighted by atomic mass is 16.5. The van der Waals surface area contributed by atoms with Crippen molar-refractivity contribution in [2.45, 2.75) is 126 Å². The second kappa shape index (κ2) is 7.85. The lowest BCUT2D eigenvalue weighted by atomic mass is 9.32. The second-order valence-electron chi connectivity index (χ2n) is 15.1. The van der Waals surface area contributed by atoms with Crippen LogP contribution < -0.4 is 0 Å². The van der Waals surface area contributed by atoms with Crippen LogP contribution in [-0.2, 0) is 9.53 Å². The quantitative estimate of drug-likeness (QED) is 0.306. The zero-order valence-corrected chi connectivity index (χ0v) is 23.6. The minimum absolute atomic E-state index is 0.143. The SMILES string of the molecule is CC(=O)OC[C@H](C)C1=C2CC[C@]3(C)[C@@H](CC[C@@H]4[C@@]5(C)CCCC(C)(C)C5CC[C@]43C)[C@@]2(C)CC1. The van der Waals surface area contributed by atoms with Crippen LogP contribution in [-0.4, -0.2) is 12.6 Å². The Morgan fingerprint density at radius 2 is 1.53 bits per heavy atom. The molecule has 192 valence electrons. The topological polar surface area (TPSA) is 26.3 Å². The molecule has 34 heavy (non-hydrogen) atoms. The molecule has 4 saturated carbocycles. The molecule has 0 radical (unpaired) electrons. The minimum atomic E-state index is -0.143. The van der Waals surface area contributed by atoms with Crippen molar-refractivity contribution in [2.24, 2.45) is 50.7 Å². The number of hydrogen-bond donors (Lipinski definition) is 0. The highest BCUT2D eigenvalue weighted by molar-refractivity contribution is 5.65. The Morgan fingerprint density at radius 1 is 0.853 bits per heavy atom. The van der Waals surface area contributed by atoms with Crippen LogP contribution in [0.3, 0.4) is 0 Å². The highest BCUT2D eigenvalue weighted by Crippen LogP contribution is 2.77. The fourth-order valence-corrected chi connectivity index (χ4v) is 11.7. The molecule has 0 heterocycles. The number of carbonyl (C=O) groups excluding carboxylic acids is 1. The predicted octanol–water partition coefficient (Wildman–Crippen LogP) is 8.74. The summed E-state index contributed by atoms with van der Waals surface area (Å²) in [5.74, 6) is 2.82. The van der Waals surface area contributed by atoms with Crippen molar-refractivity contribution < 1.29 is 9.53 Å². The molecule has 0 spiro atoms. The first kappa shape index (κ1) is 24.9. The fraction of sp³-hybridized carbons (Fsp3) is 0.906. The maximum Gasteiger partial charge on any atom is 0.302 e. The molecule has 2 heteroatoms. The van der Waals surface area contributed by atoms with Gasteiger partial charge in [0.1, 0.15) is 0 Å². The van der Waals surface area contributed by atoms with Gasteiger partial charge in [-0.2, -0.15) is 0 Å². The van der Waals surface area contributed by atoms with Gasteiger partial charge in [0.15, 0.2) is 0 Å². The third-order valence-electron chi connectivity index (χ3n) is 13.4. The number of carbonyl (C=O) groups is 1. The average Bonchev–Trinajstić information content (AvgIpc) is 3.09. The lowest BCUT2D eigenvalue weighted by Crippen LogP contribution is -2.65. The molecular weight excluding hydrogens is 416 g/mol. The van der Waals surface area contributed by atoms with Crippen LogP contribution in [0.4, 0.5) is 0 Å². The Hall–Kier alpha value is -0.790. The van der Waals surface area contributed by atoms with Crippen molar-refractivity contribution in [1.82, 2.24) is 0 Å². The maximum atomic E-state index is 11.4. The van der Waals surface area contributed by atoms with Gasteiger partial charge in [0, 0.05) is 12.8 Å². The van der Waals surface area contributed by atoms with Gasteiger partial charge in [0.05, 0.1) is 6.61 Å². The molecule has 0 aliphatic heterocycles. The highest BCUT2D eigenvalue weighted by Gasteiger charge is 2.69. The molecule has 0 N–H and O–H groups in total. The molecule has 0 amide bonds. The summed E-state index contributed by atoms with van der Waals surface area (Å²) >= 11 is 0. The van der Waals surface area contributed by atoms with Crippen LogP contribution in [0.5, 0.6) is 0 Å². The van der Waals surface area contributed by atoms with Crippen molar-refractivity contribution in [3.63, 3.8) is 0 Å². The van der Waals surface area contributed by atoms with Crippen molar-refractivity contribution in [2.75, 3.05) is 6.61 Å². The van der Waals surface area contributed by atoms with E-state index in [1.165, 1.54) is 77.6 Å². The molecule has 0 saturated heterocycles. The lowest BCUT2D eigenvalue weighted by molar-refractivity contribution is -0.226. The molecule has 8 atom stereocenters. The zero-order chi connectivity index (χ0) is 24.7. The average molecular weight is 469 g/mol. The van der Waals surface area contributed by atoms with Crippen molar-refractivity contribution in [3.8, 4) is 0 Å². The molecule has 5 aliphatic rings. The number of rotatable bonds is 3. The number of ether oxygens (including phenoxy) is 1. The van der Waals surface area contributed by atoms with Crippen LogP contribution in [0.1, 0.15) is 126 Å². The lowest BCUT2D eigenvalue weighted by Gasteiger charge is -2.72. The molecule has 4 fully saturated rings. The first-order valence-corrected chi connectivity index (χ1v) is 14.7. The van der Waals surface area contributed by atoms with E-state index in [1.54, 1.807) is 11.1 Å². The maximum absolute atomic E-state index is 11.4. The van der Waals surface area contributed by atoms with Gasteiger partial charge in [-0.25, -0.2) is 0 Å². The summed E-state index contributed by atoms with van der Waals surface area (Å²) in [6.45, 7) is 20.4. The van der Waals surface area contributed by atoms with Crippen LogP contribution in [0, 0.1) is 50.7 Å². The minimum Gasteiger partial charge on any atom is -0.465 e. The standard InChI is InChI=1S/C32H52O2/c1-21(20-34-22(2)33)23-12-17-29(5)24(23)13-18-31(7)26(29)10-11-27-30(6)16-9-15-28(3,4)25(30)14-19-32(27,31)8/h21,25-27H,9-20H2,1-8H3/t21-,25?,26-,27+,29-,30-,31+,32+/m0/s1. The van der Waals surface area contributed by atoms with Crippen LogP contribution >= 0.6 is 0 Å². The largest absolute Gasteiger partial charge is 0.465 e. The van der Waals surface area contributed by atoms with E-state index in [0.29, 0.717) is 39.6 Å². The Bertz CT molecular complexity index is 883. The second-order valence-corrected chi connectivity index (χ2v) is 15.1. The summed E-state index contributed by atoms with van der Waals surface area (Å²) in [7, 11) is 0. The zero-order valence-electron chi connectivity index (χ0n) is 23.6. The monoisotopic (exact) mass is 468 g/mol. The molecule has 2 nitrogen and oxygen atoms in total. The van der Waals surface area contributed by atoms with E-state index in [-0.39, 0.29) is 5.97 Å². The van der Waals surface area contributed by atoms with Gasteiger partial charge in [0.25, 0.3) is 0 Å².